The van der Waals surface area contributed by atoms with E-state index >= 15 is 0 Å². The number of halogens is 1. The highest BCUT2D eigenvalue weighted by Crippen LogP contribution is 2.23. The number of aromatic nitrogens is 2. The molecule has 0 aliphatic rings. The molecule has 0 aliphatic heterocycles. The highest BCUT2D eigenvalue weighted by atomic mass is 35.5. The van der Waals surface area contributed by atoms with Crippen molar-refractivity contribution in [1.29, 1.82) is 0 Å². The van der Waals surface area contributed by atoms with Crippen LogP contribution in [0.25, 0.3) is 0 Å². The van der Waals surface area contributed by atoms with Crippen molar-refractivity contribution in [2.75, 3.05) is 6.61 Å². The Morgan fingerprint density at radius 1 is 1.31 bits per heavy atom. The third-order valence-corrected chi connectivity index (χ3v) is 2.10. The molecule has 3 nitrogen and oxygen atoms in total. The van der Waals surface area contributed by atoms with Crippen molar-refractivity contribution >= 4 is 11.6 Å². The summed E-state index contributed by atoms with van der Waals surface area (Å²) in [6.45, 7) is 11.0. The summed E-state index contributed by atoms with van der Waals surface area (Å²) < 4.78 is 5.55. The van der Waals surface area contributed by atoms with Crippen LogP contribution in [-0.4, -0.2) is 16.6 Å². The van der Waals surface area contributed by atoms with Gasteiger partial charge in [-0.1, -0.05) is 46.2 Å². The van der Waals surface area contributed by atoms with Crippen molar-refractivity contribution in [3.05, 3.63) is 17.0 Å². The Morgan fingerprint density at radius 3 is 2.44 bits per heavy atom. The first-order valence-electron chi connectivity index (χ1n) is 5.47. The molecule has 0 radical (unpaired) electrons. The normalized spacial score (nSPS) is 11.9. The van der Waals surface area contributed by atoms with Crippen molar-refractivity contribution in [3.63, 3.8) is 0 Å². The van der Waals surface area contributed by atoms with Gasteiger partial charge in [0.25, 0.3) is 0 Å². The Bertz CT molecular complexity index is 359. The molecule has 0 aromatic carbocycles. The first-order valence-corrected chi connectivity index (χ1v) is 5.84. The highest BCUT2D eigenvalue weighted by Gasteiger charge is 2.19. The maximum Gasteiger partial charge on any atom is 0.218 e. The van der Waals surface area contributed by atoms with Crippen LogP contribution < -0.4 is 4.74 Å². The molecule has 4 heteroatoms. The summed E-state index contributed by atoms with van der Waals surface area (Å²) in [7, 11) is 0. The molecule has 0 bridgehead atoms. The smallest absolute Gasteiger partial charge is 0.218 e. The zero-order chi connectivity index (χ0) is 12.3. The molecule has 1 aromatic rings. The molecule has 0 N–H and O–H groups in total. The highest BCUT2D eigenvalue weighted by molar-refractivity contribution is 6.29. The van der Waals surface area contributed by atoms with E-state index in [1.165, 1.54) is 0 Å². The minimum atomic E-state index is -0.124. The van der Waals surface area contributed by atoms with Gasteiger partial charge in [-0.25, -0.2) is 4.98 Å². The van der Waals surface area contributed by atoms with Crippen LogP contribution in [-0.2, 0) is 5.41 Å². The van der Waals surface area contributed by atoms with Gasteiger partial charge < -0.3 is 4.74 Å². The Labute approximate surface area is 102 Å². The molecule has 0 amide bonds. The van der Waals surface area contributed by atoms with Crippen LogP contribution in [0.1, 0.15) is 40.4 Å². The molecule has 0 saturated carbocycles. The molecule has 0 aliphatic carbocycles. The molecule has 0 spiro atoms. The van der Waals surface area contributed by atoms with Crippen LogP contribution in [0.2, 0.25) is 5.15 Å². The first-order chi connectivity index (χ1) is 7.29. The van der Waals surface area contributed by atoms with Gasteiger partial charge in [0.2, 0.25) is 5.88 Å². The Kier molecular flexibility index (Phi) is 4.14. The van der Waals surface area contributed by atoms with Crippen LogP contribution in [0.5, 0.6) is 5.88 Å². The van der Waals surface area contributed by atoms with E-state index in [0.29, 0.717) is 29.4 Å². The first kappa shape index (κ1) is 13.2. The quantitative estimate of drug-likeness (QED) is 0.762. The van der Waals surface area contributed by atoms with Gasteiger partial charge in [0.1, 0.15) is 11.0 Å². The molecule has 0 atom stereocenters. The number of nitrogens with zero attached hydrogens (tertiary/aromatic N) is 2. The molecular formula is C12H19ClN2O. The summed E-state index contributed by atoms with van der Waals surface area (Å²) in [5.74, 6) is 1.73. The summed E-state index contributed by atoms with van der Waals surface area (Å²) in [4.78, 5) is 8.57. The molecular weight excluding hydrogens is 224 g/mol. The van der Waals surface area contributed by atoms with E-state index in [-0.39, 0.29) is 5.41 Å². The second-order valence-electron chi connectivity index (χ2n) is 5.31. The van der Waals surface area contributed by atoms with E-state index in [1.807, 2.05) is 20.8 Å². The van der Waals surface area contributed by atoms with Gasteiger partial charge in [0, 0.05) is 11.5 Å². The van der Waals surface area contributed by atoms with Crippen LogP contribution in [0, 0.1) is 5.92 Å². The third kappa shape index (κ3) is 3.97. The molecule has 0 unspecified atom stereocenters. The van der Waals surface area contributed by atoms with Crippen molar-refractivity contribution in [2.24, 2.45) is 5.92 Å². The van der Waals surface area contributed by atoms with E-state index in [9.17, 15) is 0 Å². The number of hydrogen-bond donors (Lipinski definition) is 0. The average Bonchev–Trinajstić information content (AvgIpc) is 2.12. The van der Waals surface area contributed by atoms with Gasteiger partial charge in [-0.2, -0.15) is 4.98 Å². The third-order valence-electron chi connectivity index (χ3n) is 1.91. The molecule has 1 rings (SSSR count). The van der Waals surface area contributed by atoms with Crippen LogP contribution in [0.3, 0.4) is 0 Å². The van der Waals surface area contributed by atoms with Crippen molar-refractivity contribution in [1.82, 2.24) is 9.97 Å². The Morgan fingerprint density at radius 2 is 1.94 bits per heavy atom. The van der Waals surface area contributed by atoms with E-state index < -0.39 is 0 Å². The van der Waals surface area contributed by atoms with Crippen LogP contribution >= 0.6 is 11.6 Å². The second-order valence-corrected chi connectivity index (χ2v) is 5.69. The largest absolute Gasteiger partial charge is 0.477 e. The maximum atomic E-state index is 5.94. The predicted molar refractivity (Wildman–Crippen MR) is 66.1 cm³/mol. The van der Waals surface area contributed by atoms with Gasteiger partial charge >= 0.3 is 0 Å². The second kappa shape index (κ2) is 5.00. The fourth-order valence-corrected chi connectivity index (χ4v) is 1.23. The summed E-state index contributed by atoms with van der Waals surface area (Å²) in [6.07, 6.45) is 0. The van der Waals surface area contributed by atoms with Gasteiger partial charge in [-0.15, -0.1) is 0 Å². The standard InChI is InChI=1S/C12H19ClN2O/c1-8(2)7-16-10-6-9(13)14-11(15-10)12(3,4)5/h6,8H,7H2,1-5H3. The lowest BCUT2D eigenvalue weighted by molar-refractivity contribution is 0.259. The zero-order valence-electron chi connectivity index (χ0n) is 10.5. The van der Waals surface area contributed by atoms with E-state index in [2.05, 4.69) is 23.8 Å². The van der Waals surface area contributed by atoms with E-state index in [1.54, 1.807) is 6.07 Å². The topological polar surface area (TPSA) is 35.0 Å². The lowest BCUT2D eigenvalue weighted by Gasteiger charge is -2.17. The molecule has 0 saturated heterocycles. The lowest BCUT2D eigenvalue weighted by Crippen LogP contribution is -2.17. The number of hydrogen-bond acceptors (Lipinski definition) is 3. The van der Waals surface area contributed by atoms with E-state index in [0.717, 1.165) is 0 Å². The molecule has 1 aromatic heterocycles. The van der Waals surface area contributed by atoms with Crippen molar-refractivity contribution < 1.29 is 4.74 Å². The fraction of sp³-hybridized carbons (Fsp3) is 0.667. The monoisotopic (exact) mass is 242 g/mol. The average molecular weight is 243 g/mol. The van der Waals surface area contributed by atoms with Gasteiger partial charge in [0.05, 0.1) is 6.61 Å². The molecule has 1 heterocycles. The Hall–Kier alpha value is -0.830. The van der Waals surface area contributed by atoms with Crippen molar-refractivity contribution in [2.45, 2.75) is 40.0 Å². The maximum absolute atomic E-state index is 5.94. The number of ether oxygens (including phenoxy) is 1. The summed E-state index contributed by atoms with van der Waals surface area (Å²) >= 11 is 5.94. The summed E-state index contributed by atoms with van der Waals surface area (Å²) in [6, 6.07) is 1.65. The van der Waals surface area contributed by atoms with Gasteiger partial charge in [-0.05, 0) is 5.92 Å². The van der Waals surface area contributed by atoms with Crippen LogP contribution in [0.15, 0.2) is 6.07 Å². The van der Waals surface area contributed by atoms with Gasteiger partial charge in [0.15, 0.2) is 0 Å². The number of rotatable bonds is 3. The summed E-state index contributed by atoms with van der Waals surface area (Å²) in [5, 5.41) is 0.429. The van der Waals surface area contributed by atoms with Crippen LogP contribution in [0.4, 0.5) is 0 Å². The Balaban J connectivity index is 2.90. The fourth-order valence-electron chi connectivity index (χ4n) is 1.06. The van der Waals surface area contributed by atoms with Gasteiger partial charge in [-0.3, -0.25) is 0 Å². The minimum Gasteiger partial charge on any atom is -0.477 e. The lowest BCUT2D eigenvalue weighted by atomic mass is 9.96. The zero-order valence-corrected chi connectivity index (χ0v) is 11.3. The summed E-state index contributed by atoms with van der Waals surface area (Å²) in [5.41, 5.74) is -0.124. The SMILES string of the molecule is CC(C)COc1cc(Cl)nc(C(C)(C)C)n1. The molecule has 0 fully saturated rings. The van der Waals surface area contributed by atoms with Crippen molar-refractivity contribution in [3.8, 4) is 5.88 Å². The molecule has 16 heavy (non-hydrogen) atoms. The molecule has 90 valence electrons. The minimum absolute atomic E-state index is 0.124. The predicted octanol–water partition coefficient (Wildman–Crippen LogP) is 3.46. The van der Waals surface area contributed by atoms with E-state index in [4.69, 9.17) is 16.3 Å².